The van der Waals surface area contributed by atoms with Gasteiger partial charge in [0.15, 0.2) is 6.20 Å². The molecule has 0 unspecified atom stereocenters. The summed E-state index contributed by atoms with van der Waals surface area (Å²) in [5.74, 6) is 1.05. The predicted molar refractivity (Wildman–Crippen MR) is 83.7 cm³/mol. The Morgan fingerprint density at radius 2 is 1.68 bits per heavy atom. The minimum atomic E-state index is 0.619. The van der Waals surface area contributed by atoms with E-state index in [2.05, 4.69) is 53.2 Å². The van der Waals surface area contributed by atoms with E-state index in [0.29, 0.717) is 6.73 Å². The second-order valence-corrected chi connectivity index (χ2v) is 6.39. The van der Waals surface area contributed by atoms with Crippen LogP contribution in [0.3, 0.4) is 0 Å². The topological polar surface area (TPSA) is 13.1 Å². The third-order valence-corrected chi connectivity index (χ3v) is 5.30. The molecule has 22 heavy (non-hydrogen) atoms. The molecule has 0 N–H and O–H groups in total. The average Bonchev–Trinajstić information content (AvgIpc) is 3.12. The van der Waals surface area contributed by atoms with Gasteiger partial charge in [0.1, 0.15) is 5.75 Å². The molecule has 0 bridgehead atoms. The van der Waals surface area contributed by atoms with E-state index < -0.39 is 0 Å². The van der Waals surface area contributed by atoms with Gasteiger partial charge in [-0.25, -0.2) is 0 Å². The van der Waals surface area contributed by atoms with Crippen molar-refractivity contribution in [2.24, 2.45) is 0 Å². The van der Waals surface area contributed by atoms with Crippen molar-refractivity contribution >= 4 is 0 Å². The number of nitrogens with zero attached hydrogens (tertiary/aromatic N) is 1. The molecule has 3 aromatic rings. The van der Waals surface area contributed by atoms with Crippen LogP contribution in [0.5, 0.6) is 5.75 Å². The van der Waals surface area contributed by atoms with Crippen molar-refractivity contribution in [2.75, 3.05) is 0 Å². The summed E-state index contributed by atoms with van der Waals surface area (Å²) in [5.41, 5.74) is 11.4. The van der Waals surface area contributed by atoms with E-state index in [1.165, 1.54) is 44.6 Å². The molecular weight excluding hydrogens is 270 g/mol. The first-order valence-corrected chi connectivity index (χ1v) is 7.82. The van der Waals surface area contributed by atoms with Crippen LogP contribution in [0.4, 0.5) is 0 Å². The minimum absolute atomic E-state index is 0.619. The first-order chi connectivity index (χ1) is 10.9. The number of aromatic nitrogens is 1. The summed E-state index contributed by atoms with van der Waals surface area (Å²) in [6.07, 6.45) is 4.41. The number of benzene rings is 2. The molecule has 0 amide bonds. The molecule has 0 fully saturated rings. The van der Waals surface area contributed by atoms with Gasteiger partial charge in [0.2, 0.25) is 5.69 Å². The Morgan fingerprint density at radius 1 is 0.818 bits per heavy atom. The van der Waals surface area contributed by atoms with E-state index in [1.807, 2.05) is 0 Å². The molecule has 2 heteroatoms. The third-order valence-electron chi connectivity index (χ3n) is 5.30. The highest BCUT2D eigenvalue weighted by Gasteiger charge is 2.39. The van der Waals surface area contributed by atoms with E-state index in [1.54, 1.807) is 0 Å². The average molecular weight is 284 g/mol. The summed E-state index contributed by atoms with van der Waals surface area (Å²) in [7, 11) is 0. The molecule has 6 rings (SSSR count). The molecule has 2 aliphatic carbocycles. The van der Waals surface area contributed by atoms with Crippen molar-refractivity contribution in [2.45, 2.75) is 19.6 Å². The zero-order chi connectivity index (χ0) is 14.3. The number of hydrogen-bond acceptors (Lipinski definition) is 1. The monoisotopic (exact) mass is 284 g/mol. The van der Waals surface area contributed by atoms with E-state index in [0.717, 1.165) is 18.6 Å². The van der Waals surface area contributed by atoms with Gasteiger partial charge >= 0.3 is 0 Å². The molecule has 1 aromatic heterocycles. The van der Waals surface area contributed by atoms with Gasteiger partial charge in [0.25, 0.3) is 6.73 Å². The molecule has 2 aromatic carbocycles. The summed E-state index contributed by atoms with van der Waals surface area (Å²) in [6.45, 7) is 0.619. The Kier molecular flexibility index (Phi) is 1.80. The van der Waals surface area contributed by atoms with Gasteiger partial charge < -0.3 is 4.74 Å². The van der Waals surface area contributed by atoms with Crippen molar-refractivity contribution in [3.63, 3.8) is 0 Å². The van der Waals surface area contributed by atoms with Crippen LogP contribution in [0.15, 0.2) is 48.7 Å². The van der Waals surface area contributed by atoms with Crippen molar-refractivity contribution in [3.05, 3.63) is 70.9 Å². The van der Waals surface area contributed by atoms with Crippen LogP contribution in [-0.4, -0.2) is 0 Å². The molecule has 0 radical (unpaired) electrons. The van der Waals surface area contributed by atoms with Gasteiger partial charge in [-0.05, 0) is 34.7 Å². The fourth-order valence-corrected chi connectivity index (χ4v) is 4.37. The van der Waals surface area contributed by atoms with E-state index in [4.69, 9.17) is 4.74 Å². The first kappa shape index (κ1) is 11.0. The van der Waals surface area contributed by atoms with Crippen LogP contribution in [0.2, 0.25) is 0 Å². The highest BCUT2D eigenvalue weighted by Crippen LogP contribution is 2.48. The van der Waals surface area contributed by atoms with Gasteiger partial charge in [-0.15, -0.1) is 0 Å². The summed E-state index contributed by atoms with van der Waals surface area (Å²) >= 11 is 0. The Morgan fingerprint density at radius 3 is 2.68 bits per heavy atom. The molecule has 104 valence electrons. The second kappa shape index (κ2) is 3.58. The quantitative estimate of drug-likeness (QED) is 0.397. The van der Waals surface area contributed by atoms with Crippen molar-refractivity contribution in [1.29, 1.82) is 0 Å². The summed E-state index contributed by atoms with van der Waals surface area (Å²) in [4.78, 5) is 0. The highest BCUT2D eigenvalue weighted by atomic mass is 16.5. The lowest BCUT2D eigenvalue weighted by Gasteiger charge is -2.16. The zero-order valence-electron chi connectivity index (χ0n) is 12.1. The van der Waals surface area contributed by atoms with Crippen LogP contribution in [-0.2, 0) is 19.6 Å². The standard InChI is InChI=1S/C20H14NO/c1-2-6-14-12(4-1)8-15-16-9-13-5-3-7-18-19(13)20(16)21(11-22-18)10-17(14)15/h1-7,10H,8-9,11H2/q+1. The number of rotatable bonds is 0. The summed E-state index contributed by atoms with van der Waals surface area (Å²) < 4.78 is 8.28. The minimum Gasteiger partial charge on any atom is -0.435 e. The van der Waals surface area contributed by atoms with Crippen molar-refractivity contribution < 1.29 is 9.30 Å². The highest BCUT2D eigenvalue weighted by molar-refractivity contribution is 5.84. The molecule has 0 saturated carbocycles. The van der Waals surface area contributed by atoms with E-state index in [9.17, 15) is 0 Å². The van der Waals surface area contributed by atoms with Gasteiger partial charge in [-0.1, -0.05) is 36.4 Å². The molecule has 0 atom stereocenters. The Labute approximate surface area is 128 Å². The van der Waals surface area contributed by atoms with Crippen LogP contribution in [0, 0.1) is 0 Å². The zero-order valence-corrected chi connectivity index (χ0v) is 12.1. The summed E-state index contributed by atoms with van der Waals surface area (Å²) in [5, 5.41) is 0. The molecular formula is C20H14NO+. The smallest absolute Gasteiger partial charge is 0.292 e. The van der Waals surface area contributed by atoms with Gasteiger partial charge in [-0.2, -0.15) is 4.57 Å². The molecule has 0 spiro atoms. The Hall–Kier alpha value is -2.61. The van der Waals surface area contributed by atoms with Crippen LogP contribution in [0.1, 0.15) is 22.3 Å². The molecule has 3 aliphatic rings. The fourth-order valence-electron chi connectivity index (χ4n) is 4.37. The maximum Gasteiger partial charge on any atom is 0.292 e. The molecule has 1 aliphatic heterocycles. The van der Waals surface area contributed by atoms with Crippen LogP contribution < -0.4 is 9.30 Å². The number of fused-ring (bicyclic) bond motifs is 4. The van der Waals surface area contributed by atoms with E-state index >= 15 is 0 Å². The summed E-state index contributed by atoms with van der Waals surface area (Å²) in [6, 6.07) is 15.2. The van der Waals surface area contributed by atoms with Crippen LogP contribution in [0.25, 0.3) is 22.4 Å². The largest absolute Gasteiger partial charge is 0.435 e. The third kappa shape index (κ3) is 1.16. The maximum atomic E-state index is 5.97. The van der Waals surface area contributed by atoms with Crippen LogP contribution >= 0.6 is 0 Å². The number of pyridine rings is 1. The van der Waals surface area contributed by atoms with Gasteiger partial charge in [0.05, 0.1) is 5.56 Å². The van der Waals surface area contributed by atoms with Gasteiger partial charge in [0, 0.05) is 17.5 Å². The van der Waals surface area contributed by atoms with Gasteiger partial charge in [-0.3, -0.25) is 0 Å². The number of ether oxygens (including phenoxy) is 1. The Bertz CT molecular complexity index is 987. The SMILES string of the molecule is c1ccc2c(c1)Cc1c-2c[n+]2c3c1Cc1cccc(c1-3)OC2. The van der Waals surface area contributed by atoms with Crippen molar-refractivity contribution in [1.82, 2.24) is 0 Å². The second-order valence-electron chi connectivity index (χ2n) is 6.39. The molecule has 0 saturated heterocycles. The van der Waals surface area contributed by atoms with E-state index in [-0.39, 0.29) is 0 Å². The lowest BCUT2D eigenvalue weighted by molar-refractivity contribution is -0.717. The number of hydrogen-bond donors (Lipinski definition) is 0. The lowest BCUT2D eigenvalue weighted by Crippen LogP contribution is -2.42. The maximum absolute atomic E-state index is 5.97. The predicted octanol–water partition coefficient (Wildman–Crippen LogP) is 3.47. The van der Waals surface area contributed by atoms with Crippen molar-refractivity contribution in [3.8, 4) is 28.1 Å². The molecule has 2 heterocycles. The fraction of sp³-hybridized carbons (Fsp3) is 0.150. The normalized spacial score (nSPS) is 15.1. The molecule has 2 nitrogen and oxygen atoms in total. The lowest BCUT2D eigenvalue weighted by atomic mass is 10.0. The first-order valence-electron chi connectivity index (χ1n) is 7.82. The Balaban J connectivity index is 1.72.